The number of aliphatic carboxylic acids is 1. The van der Waals surface area contributed by atoms with Crippen LogP contribution < -0.4 is 50.4 Å². The highest BCUT2D eigenvalue weighted by atomic mass is 16.4. The highest BCUT2D eigenvalue weighted by Crippen LogP contribution is 2.06. The van der Waals surface area contributed by atoms with Gasteiger partial charge in [0.1, 0.15) is 18.1 Å². The minimum atomic E-state index is -1.52. The molecule has 0 rings (SSSR count). The Balaban J connectivity index is 5.53. The average molecular weight is 531 g/mol. The van der Waals surface area contributed by atoms with Crippen LogP contribution in [0, 0.1) is 0 Å². The Morgan fingerprint density at radius 1 is 0.703 bits per heavy atom. The van der Waals surface area contributed by atoms with Gasteiger partial charge in [-0.25, -0.2) is 4.79 Å². The van der Waals surface area contributed by atoms with E-state index in [1.165, 1.54) is 0 Å². The van der Waals surface area contributed by atoms with Gasteiger partial charge >= 0.3 is 5.97 Å². The van der Waals surface area contributed by atoms with E-state index in [9.17, 15) is 33.9 Å². The zero-order chi connectivity index (χ0) is 28.5. The molecule has 0 fully saturated rings. The topological polar surface area (TPSA) is 327 Å². The van der Waals surface area contributed by atoms with Crippen LogP contribution in [0.25, 0.3) is 0 Å². The molecule has 5 amide bonds. The number of hydrogen-bond donors (Lipinski definition) is 10. The fraction of sp³-hybridized carbons (Fsp3) is 0.650. The van der Waals surface area contributed by atoms with E-state index in [2.05, 4.69) is 20.9 Å². The van der Waals surface area contributed by atoms with E-state index in [1.54, 1.807) is 0 Å². The Kier molecular flexibility index (Phi) is 15.6. The molecule has 37 heavy (non-hydrogen) atoms. The predicted octanol–water partition coefficient (Wildman–Crippen LogP) is -5.21. The summed E-state index contributed by atoms with van der Waals surface area (Å²) in [5.74, 6) is -5.99. The fourth-order valence-corrected chi connectivity index (χ4v) is 3.07. The van der Waals surface area contributed by atoms with E-state index in [-0.39, 0.29) is 31.8 Å². The second kappa shape index (κ2) is 17.4. The van der Waals surface area contributed by atoms with Gasteiger partial charge in [-0.05, 0) is 38.6 Å². The molecule has 0 aliphatic rings. The number of carbonyl (C=O) groups is 6. The summed E-state index contributed by atoms with van der Waals surface area (Å²) in [6.07, 6.45) is 0.0726. The van der Waals surface area contributed by atoms with Gasteiger partial charge in [-0.15, -0.1) is 0 Å². The lowest BCUT2D eigenvalue weighted by molar-refractivity contribution is -0.142. The third kappa shape index (κ3) is 14.9. The number of guanidine groups is 1. The second-order valence-corrected chi connectivity index (χ2v) is 8.20. The monoisotopic (exact) mass is 530 g/mol. The number of amides is 5. The number of carbonyl (C=O) groups excluding carboxylic acids is 5. The van der Waals surface area contributed by atoms with E-state index >= 15 is 0 Å². The van der Waals surface area contributed by atoms with Crippen LogP contribution in [-0.4, -0.2) is 83.8 Å². The van der Waals surface area contributed by atoms with Gasteiger partial charge in [-0.1, -0.05) is 0 Å². The van der Waals surface area contributed by atoms with Crippen molar-refractivity contribution < 1.29 is 33.9 Å². The number of hydrogen-bond acceptors (Lipinski definition) is 9. The van der Waals surface area contributed by atoms with Crippen LogP contribution in [0.2, 0.25) is 0 Å². The summed E-state index contributed by atoms with van der Waals surface area (Å²) in [6, 6.07) is -5.45. The predicted molar refractivity (Wildman–Crippen MR) is 132 cm³/mol. The molecule has 0 aromatic heterocycles. The number of rotatable bonds is 19. The van der Waals surface area contributed by atoms with Crippen LogP contribution in [-0.2, 0) is 28.8 Å². The van der Waals surface area contributed by atoms with Crippen molar-refractivity contribution in [2.24, 2.45) is 39.4 Å². The number of carboxylic acid groups (broad SMARTS) is 1. The second-order valence-electron chi connectivity index (χ2n) is 8.20. The number of aliphatic imine (C=N–C) groups is 1. The van der Waals surface area contributed by atoms with Crippen molar-refractivity contribution in [2.75, 3.05) is 13.1 Å². The highest BCUT2D eigenvalue weighted by molar-refractivity contribution is 5.96. The first kappa shape index (κ1) is 33.0. The van der Waals surface area contributed by atoms with Crippen molar-refractivity contribution in [2.45, 2.75) is 69.1 Å². The zero-order valence-electron chi connectivity index (χ0n) is 20.5. The van der Waals surface area contributed by atoms with Crippen molar-refractivity contribution in [1.29, 1.82) is 0 Å². The molecule has 0 aromatic carbocycles. The van der Waals surface area contributed by atoms with Gasteiger partial charge < -0.3 is 55.5 Å². The lowest BCUT2D eigenvalue weighted by atomic mass is 10.1. The van der Waals surface area contributed by atoms with Gasteiger partial charge in [0.15, 0.2) is 5.96 Å². The fourth-order valence-electron chi connectivity index (χ4n) is 3.07. The summed E-state index contributed by atoms with van der Waals surface area (Å²) in [5.41, 5.74) is 31.7. The summed E-state index contributed by atoms with van der Waals surface area (Å²) in [7, 11) is 0. The van der Waals surface area contributed by atoms with Crippen LogP contribution in [0.3, 0.4) is 0 Å². The van der Waals surface area contributed by atoms with E-state index in [4.69, 9.17) is 34.4 Å². The number of nitrogens with one attached hydrogen (secondary N) is 3. The molecule has 0 saturated carbocycles. The van der Waals surface area contributed by atoms with Crippen molar-refractivity contribution in [3.63, 3.8) is 0 Å². The first-order chi connectivity index (χ1) is 17.3. The lowest BCUT2D eigenvalue weighted by Crippen LogP contribution is -2.58. The van der Waals surface area contributed by atoms with Crippen molar-refractivity contribution in [3.05, 3.63) is 0 Å². The number of unbranched alkanes of at least 4 members (excludes halogenated alkanes) is 1. The molecule has 16 N–H and O–H groups in total. The summed E-state index contributed by atoms with van der Waals surface area (Å²) in [6.45, 7) is 0.452. The molecule has 4 unspecified atom stereocenters. The van der Waals surface area contributed by atoms with Crippen LogP contribution in [0.5, 0.6) is 0 Å². The molecule has 210 valence electrons. The summed E-state index contributed by atoms with van der Waals surface area (Å²) in [4.78, 5) is 75.8. The molecule has 0 saturated heterocycles. The van der Waals surface area contributed by atoms with Gasteiger partial charge in [0.05, 0.1) is 18.9 Å². The van der Waals surface area contributed by atoms with Gasteiger partial charge in [-0.2, -0.15) is 0 Å². The minimum Gasteiger partial charge on any atom is -0.480 e. The van der Waals surface area contributed by atoms with Crippen LogP contribution in [0.15, 0.2) is 4.99 Å². The summed E-state index contributed by atoms with van der Waals surface area (Å²) < 4.78 is 0. The molecule has 4 atom stereocenters. The van der Waals surface area contributed by atoms with Gasteiger partial charge in [0.2, 0.25) is 29.5 Å². The standard InChI is InChI=1S/C20H38N10O7/c21-6-2-1-4-11(17(34)29-12(19(36)37)5-3-7-27-20(25)26)28-18(35)13(9-15(24)32)30-16(33)10(22)8-14(23)31/h10-13H,1-9,21-22H2,(H2,23,31)(H2,24,32)(H,28,35)(H,29,34)(H,30,33)(H,36,37)(H4,25,26,27). The molecule has 0 heterocycles. The zero-order valence-corrected chi connectivity index (χ0v) is 20.5. The lowest BCUT2D eigenvalue weighted by Gasteiger charge is -2.24. The highest BCUT2D eigenvalue weighted by Gasteiger charge is 2.31. The molecule has 17 heteroatoms. The summed E-state index contributed by atoms with van der Waals surface area (Å²) in [5, 5.41) is 16.4. The third-order valence-corrected chi connectivity index (χ3v) is 4.94. The van der Waals surface area contributed by atoms with E-state index in [0.717, 1.165) is 0 Å². The molecular formula is C20H38N10O7. The van der Waals surface area contributed by atoms with Crippen LogP contribution >= 0.6 is 0 Å². The smallest absolute Gasteiger partial charge is 0.326 e. The molecule has 17 nitrogen and oxygen atoms in total. The van der Waals surface area contributed by atoms with Gasteiger partial charge in [0.25, 0.3) is 0 Å². The Morgan fingerprint density at radius 2 is 1.22 bits per heavy atom. The Bertz CT molecular complexity index is 847. The number of primary amides is 2. The van der Waals surface area contributed by atoms with E-state index in [1.807, 2.05) is 0 Å². The Hall–Kier alpha value is -3.99. The SMILES string of the molecule is NCCCCC(NC(=O)C(CC(N)=O)NC(=O)C(N)CC(N)=O)C(=O)NC(CCCN=C(N)N)C(=O)O. The van der Waals surface area contributed by atoms with Crippen molar-refractivity contribution >= 4 is 41.5 Å². The number of nitrogens with zero attached hydrogens (tertiary/aromatic N) is 1. The molecule has 0 aliphatic carbocycles. The molecule has 0 spiro atoms. The largest absolute Gasteiger partial charge is 0.480 e. The molecular weight excluding hydrogens is 492 g/mol. The first-order valence-corrected chi connectivity index (χ1v) is 11.5. The Labute approximate surface area is 213 Å². The maximum atomic E-state index is 12.9. The normalized spacial score (nSPS) is 13.8. The molecule has 0 aromatic rings. The summed E-state index contributed by atoms with van der Waals surface area (Å²) >= 11 is 0. The Morgan fingerprint density at radius 3 is 1.73 bits per heavy atom. The first-order valence-electron chi connectivity index (χ1n) is 11.5. The van der Waals surface area contributed by atoms with Gasteiger partial charge in [0, 0.05) is 6.54 Å². The number of carboxylic acids is 1. The van der Waals surface area contributed by atoms with E-state index < -0.39 is 72.5 Å². The molecule has 0 radical (unpaired) electrons. The maximum absolute atomic E-state index is 12.9. The maximum Gasteiger partial charge on any atom is 0.326 e. The molecule has 0 aliphatic heterocycles. The van der Waals surface area contributed by atoms with E-state index in [0.29, 0.717) is 19.4 Å². The number of nitrogens with two attached hydrogens (primary N) is 6. The minimum absolute atomic E-state index is 0.000566. The third-order valence-electron chi connectivity index (χ3n) is 4.94. The van der Waals surface area contributed by atoms with Crippen LogP contribution in [0.4, 0.5) is 0 Å². The average Bonchev–Trinajstić information content (AvgIpc) is 2.78. The molecule has 0 bridgehead atoms. The quantitative estimate of drug-likeness (QED) is 0.0427. The van der Waals surface area contributed by atoms with Crippen LogP contribution in [0.1, 0.15) is 44.9 Å². The van der Waals surface area contributed by atoms with Gasteiger partial charge in [-0.3, -0.25) is 29.0 Å². The van der Waals surface area contributed by atoms with Crippen molar-refractivity contribution in [3.8, 4) is 0 Å². The van der Waals surface area contributed by atoms with Crippen molar-refractivity contribution in [1.82, 2.24) is 16.0 Å².